The fraction of sp³-hybridized carbons (Fsp3) is 0.107. The van der Waals surface area contributed by atoms with Gasteiger partial charge in [-0.15, -0.1) is 0 Å². The Balaban J connectivity index is 1.61. The molecule has 0 bridgehead atoms. The lowest BCUT2D eigenvalue weighted by Gasteiger charge is -2.17. The van der Waals surface area contributed by atoms with Crippen LogP contribution in [0.5, 0.6) is 5.75 Å². The van der Waals surface area contributed by atoms with Crippen LogP contribution >= 0.6 is 0 Å². The van der Waals surface area contributed by atoms with Crippen molar-refractivity contribution in [2.24, 2.45) is 4.99 Å². The monoisotopic (exact) mass is 452 g/mol. The SMILES string of the molecule is COC(=O)[C@@H](Cc1ccccc1)NC(=O)c1ccccc1N=Cc1c(O)ccc2ccccc12. The Labute approximate surface area is 197 Å². The molecule has 0 aromatic heterocycles. The smallest absolute Gasteiger partial charge is 0.328 e. The third kappa shape index (κ3) is 5.13. The standard InChI is InChI=1S/C28H24N2O4/c1-34-28(33)25(17-19-9-3-2-4-10-19)30-27(32)22-13-7-8-14-24(22)29-18-23-21-12-6-5-11-20(21)15-16-26(23)31/h2-16,18,25,31H,17H2,1H3,(H,30,32)/t25-/m1/s1. The Morgan fingerprint density at radius 1 is 0.941 bits per heavy atom. The van der Waals surface area contributed by atoms with Gasteiger partial charge in [-0.05, 0) is 34.5 Å². The number of aliphatic imine (C=N–C) groups is 1. The molecule has 0 spiro atoms. The summed E-state index contributed by atoms with van der Waals surface area (Å²) >= 11 is 0. The molecule has 0 aliphatic heterocycles. The molecule has 4 rings (SSSR count). The second-order valence-corrected chi connectivity index (χ2v) is 7.73. The quantitative estimate of drug-likeness (QED) is 0.311. The van der Waals surface area contributed by atoms with Crippen molar-refractivity contribution < 1.29 is 19.4 Å². The van der Waals surface area contributed by atoms with Crippen molar-refractivity contribution in [2.75, 3.05) is 7.11 Å². The average Bonchev–Trinajstić information content (AvgIpc) is 2.88. The fourth-order valence-electron chi connectivity index (χ4n) is 3.75. The minimum atomic E-state index is -0.848. The van der Waals surface area contributed by atoms with Gasteiger partial charge in [0, 0.05) is 18.2 Å². The number of nitrogens with zero attached hydrogens (tertiary/aromatic N) is 1. The van der Waals surface area contributed by atoms with Crippen LogP contribution in [0.2, 0.25) is 0 Å². The molecule has 4 aromatic rings. The van der Waals surface area contributed by atoms with Gasteiger partial charge < -0.3 is 15.2 Å². The number of carbonyl (C=O) groups is 2. The molecule has 4 aromatic carbocycles. The number of aromatic hydroxyl groups is 1. The van der Waals surface area contributed by atoms with Gasteiger partial charge in [-0.3, -0.25) is 9.79 Å². The van der Waals surface area contributed by atoms with E-state index in [1.807, 2.05) is 60.7 Å². The van der Waals surface area contributed by atoms with Gasteiger partial charge in [-0.2, -0.15) is 0 Å². The third-order valence-corrected chi connectivity index (χ3v) is 5.50. The average molecular weight is 453 g/mol. The number of phenolic OH excluding ortho intramolecular Hbond substituents is 1. The lowest BCUT2D eigenvalue weighted by atomic mass is 10.0. The number of hydrogen-bond donors (Lipinski definition) is 2. The minimum absolute atomic E-state index is 0.0954. The largest absolute Gasteiger partial charge is 0.507 e. The van der Waals surface area contributed by atoms with E-state index in [9.17, 15) is 14.7 Å². The molecule has 0 saturated heterocycles. The summed E-state index contributed by atoms with van der Waals surface area (Å²) in [5.74, 6) is -0.877. The molecule has 6 nitrogen and oxygen atoms in total. The molecule has 34 heavy (non-hydrogen) atoms. The summed E-state index contributed by atoms with van der Waals surface area (Å²) in [5.41, 5.74) is 2.18. The normalized spacial score (nSPS) is 11.9. The van der Waals surface area contributed by atoms with Crippen LogP contribution < -0.4 is 5.32 Å². The zero-order chi connectivity index (χ0) is 23.9. The summed E-state index contributed by atoms with van der Waals surface area (Å²) in [4.78, 5) is 30.0. The third-order valence-electron chi connectivity index (χ3n) is 5.50. The Kier molecular flexibility index (Phi) is 6.98. The van der Waals surface area contributed by atoms with E-state index in [2.05, 4.69) is 10.3 Å². The summed E-state index contributed by atoms with van der Waals surface area (Å²) in [7, 11) is 1.29. The summed E-state index contributed by atoms with van der Waals surface area (Å²) in [6, 6.07) is 26.5. The molecule has 0 heterocycles. The number of amides is 1. The fourth-order valence-corrected chi connectivity index (χ4v) is 3.75. The molecule has 0 unspecified atom stereocenters. The number of benzene rings is 4. The van der Waals surface area contributed by atoms with E-state index < -0.39 is 17.9 Å². The number of phenols is 1. The highest BCUT2D eigenvalue weighted by Crippen LogP contribution is 2.27. The number of para-hydroxylation sites is 1. The zero-order valence-corrected chi connectivity index (χ0v) is 18.6. The second-order valence-electron chi connectivity index (χ2n) is 7.73. The lowest BCUT2D eigenvalue weighted by Crippen LogP contribution is -2.43. The number of ether oxygens (including phenoxy) is 1. The number of fused-ring (bicyclic) bond motifs is 1. The van der Waals surface area contributed by atoms with Crippen molar-refractivity contribution in [3.8, 4) is 5.75 Å². The van der Waals surface area contributed by atoms with Gasteiger partial charge in [-0.25, -0.2) is 4.79 Å². The van der Waals surface area contributed by atoms with Gasteiger partial charge in [0.15, 0.2) is 0 Å². The first-order valence-corrected chi connectivity index (χ1v) is 10.8. The van der Waals surface area contributed by atoms with Gasteiger partial charge in [0.1, 0.15) is 11.8 Å². The minimum Gasteiger partial charge on any atom is -0.507 e. The van der Waals surface area contributed by atoms with Gasteiger partial charge in [0.2, 0.25) is 0 Å². The van der Waals surface area contributed by atoms with Crippen molar-refractivity contribution in [3.63, 3.8) is 0 Å². The van der Waals surface area contributed by atoms with Crippen molar-refractivity contribution in [1.29, 1.82) is 0 Å². The summed E-state index contributed by atoms with van der Waals surface area (Å²) in [6.45, 7) is 0. The van der Waals surface area contributed by atoms with Crippen LogP contribution in [-0.2, 0) is 16.0 Å². The first-order chi connectivity index (χ1) is 16.6. The van der Waals surface area contributed by atoms with Crippen LogP contribution in [-0.4, -0.2) is 36.3 Å². The molecular formula is C28H24N2O4. The molecule has 1 amide bonds. The molecule has 6 heteroatoms. The Bertz CT molecular complexity index is 1350. The molecule has 0 aliphatic carbocycles. The van der Waals surface area contributed by atoms with Gasteiger partial charge in [0.05, 0.1) is 18.4 Å². The van der Waals surface area contributed by atoms with Crippen LogP contribution in [0.15, 0.2) is 96.0 Å². The summed E-state index contributed by atoms with van der Waals surface area (Å²) < 4.78 is 4.90. The molecule has 1 atom stereocenters. The van der Waals surface area contributed by atoms with E-state index >= 15 is 0 Å². The van der Waals surface area contributed by atoms with Crippen LogP contribution in [0.25, 0.3) is 10.8 Å². The first kappa shape index (κ1) is 22.7. The molecule has 0 radical (unpaired) electrons. The molecule has 0 aliphatic rings. The van der Waals surface area contributed by atoms with Crippen LogP contribution in [0.4, 0.5) is 5.69 Å². The maximum absolute atomic E-state index is 13.1. The van der Waals surface area contributed by atoms with Crippen molar-refractivity contribution in [2.45, 2.75) is 12.5 Å². The van der Waals surface area contributed by atoms with E-state index in [4.69, 9.17) is 4.74 Å². The predicted molar refractivity (Wildman–Crippen MR) is 133 cm³/mol. The maximum atomic E-state index is 13.1. The number of carbonyl (C=O) groups excluding carboxylic acids is 2. The van der Waals surface area contributed by atoms with Crippen LogP contribution in [0.3, 0.4) is 0 Å². The maximum Gasteiger partial charge on any atom is 0.328 e. The predicted octanol–water partition coefficient (Wildman–Crippen LogP) is 4.81. The molecule has 2 N–H and O–H groups in total. The Morgan fingerprint density at radius 2 is 1.65 bits per heavy atom. The number of nitrogens with one attached hydrogen (secondary N) is 1. The van der Waals surface area contributed by atoms with E-state index in [1.165, 1.54) is 7.11 Å². The van der Waals surface area contributed by atoms with E-state index in [0.717, 1.165) is 16.3 Å². The van der Waals surface area contributed by atoms with Crippen LogP contribution in [0, 0.1) is 0 Å². The van der Waals surface area contributed by atoms with E-state index in [0.29, 0.717) is 23.2 Å². The zero-order valence-electron chi connectivity index (χ0n) is 18.6. The second kappa shape index (κ2) is 10.4. The van der Waals surface area contributed by atoms with Gasteiger partial charge in [0.25, 0.3) is 5.91 Å². The topological polar surface area (TPSA) is 88.0 Å². The van der Waals surface area contributed by atoms with Gasteiger partial charge in [-0.1, -0.05) is 72.8 Å². The van der Waals surface area contributed by atoms with E-state index in [-0.39, 0.29) is 5.75 Å². The highest BCUT2D eigenvalue weighted by molar-refractivity contribution is 6.05. The lowest BCUT2D eigenvalue weighted by molar-refractivity contribution is -0.142. The number of methoxy groups -OCH3 is 1. The number of esters is 1. The van der Waals surface area contributed by atoms with E-state index in [1.54, 1.807) is 36.5 Å². The number of hydrogen-bond acceptors (Lipinski definition) is 5. The summed E-state index contributed by atoms with van der Waals surface area (Å²) in [6.07, 6.45) is 1.85. The molecule has 170 valence electrons. The molecule has 0 fully saturated rings. The van der Waals surface area contributed by atoms with Gasteiger partial charge >= 0.3 is 5.97 Å². The molecular weight excluding hydrogens is 428 g/mol. The Hall–Kier alpha value is -4.45. The highest BCUT2D eigenvalue weighted by Gasteiger charge is 2.23. The van der Waals surface area contributed by atoms with Crippen molar-refractivity contribution in [3.05, 3.63) is 108 Å². The Morgan fingerprint density at radius 3 is 2.44 bits per heavy atom. The highest BCUT2D eigenvalue weighted by atomic mass is 16.5. The van der Waals surface area contributed by atoms with Crippen LogP contribution in [0.1, 0.15) is 21.5 Å². The molecule has 0 saturated carbocycles. The summed E-state index contributed by atoms with van der Waals surface area (Å²) in [5, 5.41) is 15.0. The van der Waals surface area contributed by atoms with Crippen molar-refractivity contribution in [1.82, 2.24) is 5.32 Å². The first-order valence-electron chi connectivity index (χ1n) is 10.8. The van der Waals surface area contributed by atoms with Crippen molar-refractivity contribution >= 4 is 34.6 Å². The number of rotatable bonds is 7.